The Morgan fingerprint density at radius 3 is 2.38 bits per heavy atom. The molecule has 0 rings (SSSR count). The predicted octanol–water partition coefficient (Wildman–Crippen LogP) is 1.96. The van der Waals surface area contributed by atoms with E-state index in [0.29, 0.717) is 18.4 Å². The highest BCUT2D eigenvalue weighted by Gasteiger charge is 2.21. The first-order chi connectivity index (χ1) is 7.43. The van der Waals surface area contributed by atoms with Crippen molar-refractivity contribution in [3.05, 3.63) is 0 Å². The van der Waals surface area contributed by atoms with Gasteiger partial charge in [0.2, 0.25) is 5.91 Å². The number of hydrogen-bond acceptors (Lipinski definition) is 3. The lowest BCUT2D eigenvalue weighted by Crippen LogP contribution is -2.42. The Labute approximate surface area is 104 Å². The van der Waals surface area contributed by atoms with E-state index in [1.165, 1.54) is 0 Å². The molecular weight excluding hydrogens is 220 g/mol. The zero-order valence-electron chi connectivity index (χ0n) is 11.2. The molecule has 2 N–H and O–H groups in total. The summed E-state index contributed by atoms with van der Waals surface area (Å²) < 4.78 is 0. The summed E-state index contributed by atoms with van der Waals surface area (Å²) in [5.41, 5.74) is 5.92. The van der Waals surface area contributed by atoms with Gasteiger partial charge in [0.1, 0.15) is 0 Å². The molecule has 0 fully saturated rings. The van der Waals surface area contributed by atoms with Crippen molar-refractivity contribution in [2.45, 2.75) is 45.7 Å². The van der Waals surface area contributed by atoms with Crippen LogP contribution in [0.5, 0.6) is 0 Å². The van der Waals surface area contributed by atoms with Crippen LogP contribution in [0.15, 0.2) is 0 Å². The van der Waals surface area contributed by atoms with E-state index >= 15 is 0 Å². The summed E-state index contributed by atoms with van der Waals surface area (Å²) in [6.45, 7) is 6.22. The highest BCUT2D eigenvalue weighted by Crippen LogP contribution is 2.12. The fourth-order valence-corrected chi connectivity index (χ4v) is 2.32. The molecule has 0 aliphatic carbocycles. The monoisotopic (exact) mass is 246 g/mol. The van der Waals surface area contributed by atoms with Crippen molar-refractivity contribution in [3.8, 4) is 0 Å². The molecule has 2 unspecified atom stereocenters. The summed E-state index contributed by atoms with van der Waals surface area (Å²) >= 11 is 1.78. The number of rotatable bonds is 7. The minimum Gasteiger partial charge on any atom is -0.342 e. The minimum absolute atomic E-state index is 0.0262. The van der Waals surface area contributed by atoms with Gasteiger partial charge in [0.25, 0.3) is 0 Å². The van der Waals surface area contributed by atoms with Crippen LogP contribution in [0.2, 0.25) is 0 Å². The van der Waals surface area contributed by atoms with Gasteiger partial charge in [0, 0.05) is 31.3 Å². The summed E-state index contributed by atoms with van der Waals surface area (Å²) in [5, 5.41) is 0. The second-order valence-corrected chi connectivity index (χ2v) is 5.54. The Hall–Kier alpha value is -0.220. The highest BCUT2D eigenvalue weighted by molar-refractivity contribution is 7.98. The second-order valence-electron chi connectivity index (χ2n) is 4.63. The molecular formula is C12H26N2OS. The van der Waals surface area contributed by atoms with E-state index in [1.807, 2.05) is 11.9 Å². The van der Waals surface area contributed by atoms with E-state index in [4.69, 9.17) is 5.73 Å². The van der Waals surface area contributed by atoms with Gasteiger partial charge in [-0.15, -0.1) is 0 Å². The lowest BCUT2D eigenvalue weighted by Gasteiger charge is -2.28. The summed E-state index contributed by atoms with van der Waals surface area (Å²) in [5.74, 6) is 1.52. The van der Waals surface area contributed by atoms with E-state index < -0.39 is 0 Å². The molecule has 1 amide bonds. The van der Waals surface area contributed by atoms with Gasteiger partial charge in [0.15, 0.2) is 0 Å². The van der Waals surface area contributed by atoms with E-state index in [0.717, 1.165) is 12.2 Å². The fourth-order valence-electron chi connectivity index (χ4n) is 1.48. The Balaban J connectivity index is 4.25. The van der Waals surface area contributed by atoms with Crippen LogP contribution in [0.4, 0.5) is 0 Å². The molecule has 0 spiro atoms. The highest BCUT2D eigenvalue weighted by atomic mass is 32.2. The van der Waals surface area contributed by atoms with Crippen molar-refractivity contribution >= 4 is 17.7 Å². The molecule has 0 saturated carbocycles. The van der Waals surface area contributed by atoms with Gasteiger partial charge in [-0.2, -0.15) is 11.8 Å². The van der Waals surface area contributed by atoms with Gasteiger partial charge in [-0.25, -0.2) is 0 Å². The van der Waals surface area contributed by atoms with E-state index in [1.54, 1.807) is 11.8 Å². The zero-order chi connectivity index (χ0) is 12.7. The zero-order valence-corrected chi connectivity index (χ0v) is 12.0. The first-order valence-electron chi connectivity index (χ1n) is 5.94. The molecule has 0 radical (unpaired) electrons. The number of hydrogen-bond donors (Lipinski definition) is 1. The number of carbonyl (C=O) groups is 1. The Morgan fingerprint density at radius 2 is 2.00 bits per heavy atom. The molecule has 16 heavy (non-hydrogen) atoms. The molecule has 2 atom stereocenters. The second kappa shape index (κ2) is 7.96. The molecule has 3 nitrogen and oxygen atoms in total. The van der Waals surface area contributed by atoms with E-state index in [9.17, 15) is 4.79 Å². The molecule has 0 saturated heterocycles. The van der Waals surface area contributed by atoms with Crippen molar-refractivity contribution in [1.82, 2.24) is 4.90 Å². The molecule has 0 aliphatic rings. The fraction of sp³-hybridized carbons (Fsp3) is 0.917. The van der Waals surface area contributed by atoms with Crippen LogP contribution in [0.25, 0.3) is 0 Å². The number of amides is 1. The van der Waals surface area contributed by atoms with Crippen molar-refractivity contribution in [1.29, 1.82) is 0 Å². The van der Waals surface area contributed by atoms with Gasteiger partial charge >= 0.3 is 0 Å². The van der Waals surface area contributed by atoms with Crippen LogP contribution in [-0.2, 0) is 4.79 Å². The average Bonchev–Trinajstić information content (AvgIpc) is 2.24. The summed E-state index contributed by atoms with van der Waals surface area (Å²) in [4.78, 5) is 13.8. The average molecular weight is 246 g/mol. The molecule has 0 heterocycles. The van der Waals surface area contributed by atoms with Crippen LogP contribution in [0.1, 0.15) is 33.6 Å². The molecule has 96 valence electrons. The quantitative estimate of drug-likeness (QED) is 0.747. The lowest BCUT2D eigenvalue weighted by atomic mass is 10.0. The maximum Gasteiger partial charge on any atom is 0.224 e. The van der Waals surface area contributed by atoms with Gasteiger partial charge < -0.3 is 10.6 Å². The van der Waals surface area contributed by atoms with Crippen LogP contribution in [-0.4, -0.2) is 41.9 Å². The molecule has 4 heteroatoms. The first-order valence-corrected chi connectivity index (χ1v) is 7.33. The van der Waals surface area contributed by atoms with Crippen LogP contribution < -0.4 is 5.73 Å². The molecule has 0 aromatic carbocycles. The third-order valence-electron chi connectivity index (χ3n) is 3.04. The van der Waals surface area contributed by atoms with Crippen LogP contribution >= 0.6 is 11.8 Å². The largest absolute Gasteiger partial charge is 0.342 e. The third-order valence-corrected chi connectivity index (χ3v) is 3.76. The summed E-state index contributed by atoms with van der Waals surface area (Å²) in [6.07, 6.45) is 3.53. The Kier molecular flexibility index (Phi) is 7.85. The smallest absolute Gasteiger partial charge is 0.224 e. The summed E-state index contributed by atoms with van der Waals surface area (Å²) in [6, 6.07) is 0.309. The number of nitrogens with zero attached hydrogens (tertiary/aromatic N) is 1. The van der Waals surface area contributed by atoms with Crippen molar-refractivity contribution < 1.29 is 4.79 Å². The maximum atomic E-state index is 12.0. The standard InChI is InChI=1S/C12H26N2OS/c1-6-10(8-16-5)14(4)12(15)7-11(13)9(2)3/h9-11H,6-8,13H2,1-5H3. The Morgan fingerprint density at radius 1 is 1.44 bits per heavy atom. The topological polar surface area (TPSA) is 46.3 Å². The number of thioether (sulfide) groups is 1. The SMILES string of the molecule is CCC(CSC)N(C)C(=O)CC(N)C(C)C. The summed E-state index contributed by atoms with van der Waals surface area (Å²) in [7, 11) is 1.89. The normalized spacial score (nSPS) is 14.9. The molecule has 0 bridgehead atoms. The van der Waals surface area contributed by atoms with E-state index in [2.05, 4.69) is 27.0 Å². The minimum atomic E-state index is -0.0262. The van der Waals surface area contributed by atoms with Crippen molar-refractivity contribution in [3.63, 3.8) is 0 Å². The maximum absolute atomic E-state index is 12.0. The van der Waals surface area contributed by atoms with E-state index in [-0.39, 0.29) is 11.9 Å². The van der Waals surface area contributed by atoms with Gasteiger partial charge in [-0.1, -0.05) is 20.8 Å². The van der Waals surface area contributed by atoms with Crippen molar-refractivity contribution in [2.75, 3.05) is 19.1 Å². The number of nitrogens with two attached hydrogens (primary N) is 1. The van der Waals surface area contributed by atoms with Gasteiger partial charge in [-0.3, -0.25) is 4.79 Å². The third kappa shape index (κ3) is 5.21. The van der Waals surface area contributed by atoms with Crippen molar-refractivity contribution in [2.24, 2.45) is 11.7 Å². The first kappa shape index (κ1) is 15.8. The lowest BCUT2D eigenvalue weighted by molar-refractivity contribution is -0.132. The molecule has 0 aliphatic heterocycles. The predicted molar refractivity (Wildman–Crippen MR) is 72.7 cm³/mol. The molecule has 0 aromatic rings. The number of carbonyl (C=O) groups excluding carboxylic acids is 1. The van der Waals surface area contributed by atoms with Gasteiger partial charge in [-0.05, 0) is 18.6 Å². The molecule has 0 aromatic heterocycles. The van der Waals surface area contributed by atoms with Gasteiger partial charge in [0.05, 0.1) is 0 Å². The van der Waals surface area contributed by atoms with Crippen LogP contribution in [0, 0.1) is 5.92 Å². The van der Waals surface area contributed by atoms with Crippen LogP contribution in [0.3, 0.4) is 0 Å². The Bertz CT molecular complexity index is 209.